The predicted molar refractivity (Wildman–Crippen MR) is 123 cm³/mol. The Hall–Kier alpha value is -2.29. The molecule has 8 nitrogen and oxygen atoms in total. The van der Waals surface area contributed by atoms with Crippen LogP contribution in [0.15, 0.2) is 30.3 Å². The Morgan fingerprint density at radius 2 is 1.72 bits per heavy atom. The minimum absolute atomic E-state index is 0.0687. The second-order valence-corrected chi connectivity index (χ2v) is 12.2. The van der Waals surface area contributed by atoms with E-state index in [2.05, 4.69) is 10.6 Å². The maximum atomic E-state index is 12.6. The van der Waals surface area contributed by atoms with Gasteiger partial charge in [0.2, 0.25) is 0 Å². The summed E-state index contributed by atoms with van der Waals surface area (Å²) in [7, 11) is -3.34. The first kappa shape index (κ1) is 26.0. The fourth-order valence-corrected chi connectivity index (χ4v) is 5.00. The predicted octanol–water partition coefficient (Wildman–Crippen LogP) is 3.80. The Morgan fingerprint density at radius 1 is 1.06 bits per heavy atom. The van der Waals surface area contributed by atoms with Crippen molar-refractivity contribution < 1.29 is 27.5 Å². The molecule has 1 fully saturated rings. The van der Waals surface area contributed by atoms with Crippen LogP contribution in [0.1, 0.15) is 59.4 Å². The van der Waals surface area contributed by atoms with E-state index in [1.54, 1.807) is 34.6 Å². The number of hydrogen-bond acceptors (Lipinski definition) is 6. The molecular formula is C23H36N2O6S. The van der Waals surface area contributed by atoms with Crippen molar-refractivity contribution in [2.24, 2.45) is 5.92 Å². The van der Waals surface area contributed by atoms with E-state index < -0.39 is 32.9 Å². The number of benzene rings is 1. The zero-order chi connectivity index (χ0) is 23.9. The standard InChI is InChI=1S/C23H36N2O6S/c1-16(2)32(28,29)15-18-13-19(24-22(27)31-23(3,4)5)11-12-20(18)25-21(26)30-14-17-9-7-6-8-10-17/h6-10,16,18-20H,11-15H2,1-5H3,(H,24,27)(H,25,26)/t18-,19+,20-/m0/s1. The Balaban J connectivity index is 2.01. The van der Waals surface area contributed by atoms with Crippen molar-refractivity contribution in [1.82, 2.24) is 10.6 Å². The Morgan fingerprint density at radius 3 is 2.31 bits per heavy atom. The maximum absolute atomic E-state index is 12.6. The van der Waals surface area contributed by atoms with Gasteiger partial charge in [0.05, 0.1) is 11.0 Å². The first-order valence-corrected chi connectivity index (χ1v) is 12.8. The summed E-state index contributed by atoms with van der Waals surface area (Å²) < 4.78 is 35.8. The van der Waals surface area contributed by atoms with Crippen molar-refractivity contribution in [2.45, 2.75) is 83.4 Å². The van der Waals surface area contributed by atoms with Crippen LogP contribution < -0.4 is 10.6 Å². The van der Waals surface area contributed by atoms with Gasteiger partial charge in [0, 0.05) is 12.1 Å². The van der Waals surface area contributed by atoms with E-state index in [9.17, 15) is 18.0 Å². The Bertz CT molecular complexity index is 864. The average Bonchev–Trinajstić information content (AvgIpc) is 2.67. The van der Waals surface area contributed by atoms with Crippen molar-refractivity contribution >= 4 is 22.0 Å². The van der Waals surface area contributed by atoms with Crippen LogP contribution >= 0.6 is 0 Å². The summed E-state index contributed by atoms with van der Waals surface area (Å²) in [5.41, 5.74) is 0.248. The third-order valence-corrected chi connectivity index (χ3v) is 7.71. The number of amides is 2. The van der Waals surface area contributed by atoms with Crippen molar-refractivity contribution in [3.05, 3.63) is 35.9 Å². The largest absolute Gasteiger partial charge is 0.445 e. The van der Waals surface area contributed by atoms with Crippen LogP contribution in [-0.4, -0.2) is 49.3 Å². The number of carbonyl (C=O) groups excluding carboxylic acids is 2. The molecule has 0 unspecified atom stereocenters. The summed E-state index contributed by atoms with van der Waals surface area (Å²) in [4.78, 5) is 24.5. The highest BCUT2D eigenvalue weighted by molar-refractivity contribution is 7.91. The van der Waals surface area contributed by atoms with Gasteiger partial charge in [-0.1, -0.05) is 30.3 Å². The minimum atomic E-state index is -3.34. The van der Waals surface area contributed by atoms with Gasteiger partial charge in [-0.15, -0.1) is 0 Å². The van der Waals surface area contributed by atoms with Crippen LogP contribution in [0.5, 0.6) is 0 Å². The maximum Gasteiger partial charge on any atom is 0.407 e. The number of ether oxygens (including phenoxy) is 2. The Labute approximate surface area is 191 Å². The van der Waals surface area contributed by atoms with Gasteiger partial charge in [-0.3, -0.25) is 0 Å². The molecule has 0 saturated heterocycles. The fourth-order valence-electron chi connectivity index (χ4n) is 3.65. The summed E-state index contributed by atoms with van der Waals surface area (Å²) in [5.74, 6) is -0.416. The number of hydrogen-bond donors (Lipinski definition) is 2. The molecule has 1 aromatic carbocycles. The highest BCUT2D eigenvalue weighted by atomic mass is 32.2. The van der Waals surface area contributed by atoms with Crippen LogP contribution in [0.3, 0.4) is 0 Å². The van der Waals surface area contributed by atoms with E-state index in [1.165, 1.54) is 0 Å². The van der Waals surface area contributed by atoms with Gasteiger partial charge in [0.15, 0.2) is 9.84 Å². The molecular weight excluding hydrogens is 432 g/mol. The highest BCUT2D eigenvalue weighted by Crippen LogP contribution is 2.28. The lowest BCUT2D eigenvalue weighted by Crippen LogP contribution is -2.51. The molecule has 1 aliphatic rings. The third kappa shape index (κ3) is 8.68. The van der Waals surface area contributed by atoms with Gasteiger partial charge in [0.1, 0.15) is 12.2 Å². The Kier molecular flexibility index (Phi) is 8.95. The molecule has 0 aliphatic heterocycles. The quantitative estimate of drug-likeness (QED) is 0.630. The van der Waals surface area contributed by atoms with Gasteiger partial charge in [-0.25, -0.2) is 18.0 Å². The molecule has 1 aliphatic carbocycles. The SMILES string of the molecule is CC(C)S(=O)(=O)C[C@@H]1C[C@H](NC(=O)OC(C)(C)C)CC[C@@H]1NC(=O)OCc1ccccc1. The first-order valence-electron chi connectivity index (χ1n) is 11.0. The van der Waals surface area contributed by atoms with E-state index in [0.29, 0.717) is 19.3 Å². The first-order chi connectivity index (χ1) is 14.9. The van der Waals surface area contributed by atoms with Gasteiger partial charge < -0.3 is 20.1 Å². The fraction of sp³-hybridized carbons (Fsp3) is 0.652. The molecule has 0 radical (unpaired) electrons. The number of rotatable bonds is 7. The second kappa shape index (κ2) is 11.0. The number of sulfone groups is 1. The molecule has 0 heterocycles. The zero-order valence-electron chi connectivity index (χ0n) is 19.6. The topological polar surface area (TPSA) is 111 Å². The summed E-state index contributed by atoms with van der Waals surface area (Å²) in [6.45, 7) is 8.78. The van der Waals surface area contributed by atoms with Crippen LogP contribution in [0, 0.1) is 5.92 Å². The molecule has 3 atom stereocenters. The van der Waals surface area contributed by atoms with E-state index in [-0.39, 0.29) is 30.4 Å². The average molecular weight is 469 g/mol. The molecule has 2 rings (SSSR count). The van der Waals surface area contributed by atoms with Gasteiger partial charge in [0.25, 0.3) is 0 Å². The lowest BCUT2D eigenvalue weighted by atomic mass is 9.82. The number of nitrogens with one attached hydrogen (secondary N) is 2. The van der Waals surface area contributed by atoms with Gasteiger partial charge >= 0.3 is 12.2 Å². The summed E-state index contributed by atoms with van der Waals surface area (Å²) in [5, 5.41) is 5.16. The summed E-state index contributed by atoms with van der Waals surface area (Å²) in [6, 6.07) is 8.74. The minimum Gasteiger partial charge on any atom is -0.445 e. The van der Waals surface area contributed by atoms with Gasteiger partial charge in [-0.2, -0.15) is 0 Å². The van der Waals surface area contributed by atoms with E-state index in [4.69, 9.17) is 9.47 Å². The number of alkyl carbamates (subject to hydrolysis) is 2. The molecule has 0 aromatic heterocycles. The molecule has 1 saturated carbocycles. The lowest BCUT2D eigenvalue weighted by Gasteiger charge is -2.37. The zero-order valence-corrected chi connectivity index (χ0v) is 20.4. The smallest absolute Gasteiger partial charge is 0.407 e. The molecule has 180 valence electrons. The van der Waals surface area contributed by atoms with Crippen LogP contribution in [-0.2, 0) is 25.9 Å². The molecule has 1 aromatic rings. The van der Waals surface area contributed by atoms with E-state index in [1.807, 2.05) is 30.3 Å². The normalized spacial score (nSPS) is 21.6. The monoisotopic (exact) mass is 468 g/mol. The van der Waals surface area contributed by atoms with Crippen LogP contribution in [0.2, 0.25) is 0 Å². The van der Waals surface area contributed by atoms with Crippen molar-refractivity contribution in [1.29, 1.82) is 0 Å². The molecule has 32 heavy (non-hydrogen) atoms. The second-order valence-electron chi connectivity index (χ2n) is 9.61. The lowest BCUT2D eigenvalue weighted by molar-refractivity contribution is 0.0477. The molecule has 2 amide bonds. The summed E-state index contributed by atoms with van der Waals surface area (Å²) in [6.07, 6.45) is 0.445. The van der Waals surface area contributed by atoms with Gasteiger partial charge in [-0.05, 0) is 65.4 Å². The van der Waals surface area contributed by atoms with E-state index in [0.717, 1.165) is 5.56 Å². The molecule has 2 N–H and O–H groups in total. The van der Waals surface area contributed by atoms with Crippen LogP contribution in [0.25, 0.3) is 0 Å². The third-order valence-electron chi connectivity index (χ3n) is 5.38. The molecule has 9 heteroatoms. The van der Waals surface area contributed by atoms with E-state index >= 15 is 0 Å². The molecule has 0 spiro atoms. The highest BCUT2D eigenvalue weighted by Gasteiger charge is 2.36. The van der Waals surface area contributed by atoms with Crippen LogP contribution in [0.4, 0.5) is 9.59 Å². The number of carbonyl (C=O) groups is 2. The molecule has 0 bridgehead atoms. The summed E-state index contributed by atoms with van der Waals surface area (Å²) >= 11 is 0. The van der Waals surface area contributed by atoms with Crippen molar-refractivity contribution in [2.75, 3.05) is 5.75 Å². The van der Waals surface area contributed by atoms with Crippen molar-refractivity contribution in [3.8, 4) is 0 Å². The van der Waals surface area contributed by atoms with Crippen molar-refractivity contribution in [3.63, 3.8) is 0 Å².